The fourth-order valence-electron chi connectivity index (χ4n) is 2.97. The lowest BCUT2D eigenvalue weighted by Crippen LogP contribution is -2.33. The van der Waals surface area contributed by atoms with E-state index in [2.05, 4.69) is 27.3 Å². The monoisotopic (exact) mass is 387 g/mol. The van der Waals surface area contributed by atoms with E-state index in [-0.39, 0.29) is 23.3 Å². The third-order valence-corrected chi connectivity index (χ3v) is 5.21. The molecule has 0 saturated heterocycles. The van der Waals surface area contributed by atoms with E-state index in [1.165, 1.54) is 11.6 Å². The van der Waals surface area contributed by atoms with Gasteiger partial charge in [-0.15, -0.1) is 0 Å². The number of hydrogen-bond donors (Lipinski definition) is 2. The highest BCUT2D eigenvalue weighted by molar-refractivity contribution is 9.10. The summed E-state index contributed by atoms with van der Waals surface area (Å²) in [6.45, 7) is 0.573. The summed E-state index contributed by atoms with van der Waals surface area (Å²) in [7, 11) is 0. The van der Waals surface area contributed by atoms with Crippen molar-refractivity contribution < 1.29 is 14.7 Å². The molecular formula is C19H18BrNO3. The topological polar surface area (TPSA) is 66.4 Å². The molecule has 0 heterocycles. The number of carboxylic acids is 1. The third-order valence-electron chi connectivity index (χ3n) is 4.52. The summed E-state index contributed by atoms with van der Waals surface area (Å²) in [5.74, 6) is -1.16. The van der Waals surface area contributed by atoms with Crippen LogP contribution in [0.4, 0.5) is 0 Å². The summed E-state index contributed by atoms with van der Waals surface area (Å²) >= 11 is 3.58. The molecule has 1 fully saturated rings. The fourth-order valence-corrected chi connectivity index (χ4v) is 3.68. The molecular weight excluding hydrogens is 370 g/mol. The van der Waals surface area contributed by atoms with Crippen molar-refractivity contribution in [2.75, 3.05) is 6.54 Å². The standard InChI is InChI=1S/C19H18BrNO3/c20-16-8-4-3-7-15(16)19(9-10-19)12-21-17(22)11-13-5-1-2-6-14(13)18(23)24/h1-8H,9-12H2,(H,21,22)(H,23,24). The molecule has 0 unspecified atom stereocenters. The molecule has 2 aromatic rings. The number of hydrogen-bond acceptors (Lipinski definition) is 2. The minimum Gasteiger partial charge on any atom is -0.478 e. The Balaban J connectivity index is 1.65. The van der Waals surface area contributed by atoms with Crippen LogP contribution in [0.1, 0.15) is 34.3 Å². The lowest BCUT2D eigenvalue weighted by molar-refractivity contribution is -0.120. The van der Waals surface area contributed by atoms with Gasteiger partial charge in [0.05, 0.1) is 12.0 Å². The van der Waals surface area contributed by atoms with Gasteiger partial charge in [-0.3, -0.25) is 4.79 Å². The molecule has 0 spiro atoms. The molecule has 2 N–H and O–H groups in total. The summed E-state index contributed by atoms with van der Waals surface area (Å²) in [4.78, 5) is 23.5. The maximum atomic E-state index is 12.3. The molecule has 0 aliphatic heterocycles. The molecule has 124 valence electrons. The predicted molar refractivity (Wildman–Crippen MR) is 95.2 cm³/mol. The summed E-state index contributed by atoms with van der Waals surface area (Å²) in [5.41, 5.74) is 1.94. The van der Waals surface area contributed by atoms with E-state index in [9.17, 15) is 14.7 Å². The van der Waals surface area contributed by atoms with E-state index in [1.54, 1.807) is 18.2 Å². The predicted octanol–water partition coefficient (Wildman–Crippen LogP) is 3.54. The Kier molecular flexibility index (Phi) is 4.71. The zero-order chi connectivity index (χ0) is 17.2. The Hall–Kier alpha value is -2.14. The summed E-state index contributed by atoms with van der Waals surface area (Å²) < 4.78 is 1.06. The van der Waals surface area contributed by atoms with Crippen molar-refractivity contribution in [2.45, 2.75) is 24.7 Å². The second kappa shape index (κ2) is 6.77. The van der Waals surface area contributed by atoms with Crippen LogP contribution in [-0.2, 0) is 16.6 Å². The largest absolute Gasteiger partial charge is 0.478 e. The molecule has 1 saturated carbocycles. The van der Waals surface area contributed by atoms with E-state index in [4.69, 9.17) is 0 Å². The van der Waals surface area contributed by atoms with Gasteiger partial charge in [-0.25, -0.2) is 4.79 Å². The number of benzene rings is 2. The zero-order valence-corrected chi connectivity index (χ0v) is 14.7. The highest BCUT2D eigenvalue weighted by Gasteiger charge is 2.45. The molecule has 24 heavy (non-hydrogen) atoms. The Morgan fingerprint density at radius 3 is 2.42 bits per heavy atom. The number of aromatic carboxylic acids is 1. The van der Waals surface area contributed by atoms with Gasteiger partial charge in [-0.05, 0) is 36.1 Å². The van der Waals surface area contributed by atoms with Crippen LogP contribution in [0, 0.1) is 0 Å². The molecule has 5 heteroatoms. The maximum Gasteiger partial charge on any atom is 0.335 e. The van der Waals surface area contributed by atoms with Gasteiger partial charge < -0.3 is 10.4 Å². The lowest BCUT2D eigenvalue weighted by atomic mass is 9.96. The van der Waals surface area contributed by atoms with E-state index in [0.717, 1.165) is 17.3 Å². The molecule has 4 nitrogen and oxygen atoms in total. The van der Waals surface area contributed by atoms with Crippen molar-refractivity contribution in [1.82, 2.24) is 5.32 Å². The summed E-state index contributed by atoms with van der Waals surface area (Å²) in [6.07, 6.45) is 2.16. The SMILES string of the molecule is O=C(Cc1ccccc1C(=O)O)NCC1(c2ccccc2Br)CC1. The normalized spacial score (nSPS) is 14.9. The van der Waals surface area contributed by atoms with E-state index in [1.807, 2.05) is 18.2 Å². The van der Waals surface area contributed by atoms with Gasteiger partial charge in [-0.2, -0.15) is 0 Å². The first-order valence-electron chi connectivity index (χ1n) is 7.85. The van der Waals surface area contributed by atoms with Crippen LogP contribution in [0.5, 0.6) is 0 Å². The summed E-state index contributed by atoms with van der Waals surface area (Å²) in [5, 5.41) is 12.2. The number of carbonyl (C=O) groups excluding carboxylic acids is 1. The smallest absolute Gasteiger partial charge is 0.335 e. The molecule has 0 aromatic heterocycles. The maximum absolute atomic E-state index is 12.3. The van der Waals surface area contributed by atoms with Crippen LogP contribution in [0.25, 0.3) is 0 Å². The number of carboxylic acid groups (broad SMARTS) is 1. The molecule has 0 radical (unpaired) electrons. The first kappa shape index (κ1) is 16.7. The second-order valence-corrected chi connectivity index (χ2v) is 7.03. The molecule has 1 aliphatic rings. The highest BCUT2D eigenvalue weighted by atomic mass is 79.9. The Labute approximate surface area is 149 Å². The van der Waals surface area contributed by atoms with Crippen molar-refractivity contribution in [2.24, 2.45) is 0 Å². The lowest BCUT2D eigenvalue weighted by Gasteiger charge is -2.18. The van der Waals surface area contributed by atoms with Gasteiger partial charge in [0.15, 0.2) is 0 Å². The van der Waals surface area contributed by atoms with Crippen LogP contribution in [0.3, 0.4) is 0 Å². The second-order valence-electron chi connectivity index (χ2n) is 6.18. The van der Waals surface area contributed by atoms with Crippen LogP contribution in [0.2, 0.25) is 0 Å². The van der Waals surface area contributed by atoms with E-state index >= 15 is 0 Å². The fraction of sp³-hybridized carbons (Fsp3) is 0.263. The van der Waals surface area contributed by atoms with Gasteiger partial charge in [0, 0.05) is 16.4 Å². The molecule has 1 aliphatic carbocycles. The third kappa shape index (κ3) is 3.51. The molecule has 3 rings (SSSR count). The molecule has 1 amide bonds. The van der Waals surface area contributed by atoms with Crippen LogP contribution >= 0.6 is 15.9 Å². The number of halogens is 1. The van der Waals surface area contributed by atoms with Crippen LogP contribution in [0.15, 0.2) is 53.0 Å². The average molecular weight is 388 g/mol. The molecule has 2 aromatic carbocycles. The minimum absolute atomic E-state index is 0.00205. The Morgan fingerprint density at radius 1 is 1.08 bits per heavy atom. The first-order valence-corrected chi connectivity index (χ1v) is 8.64. The Morgan fingerprint density at radius 2 is 1.75 bits per heavy atom. The number of amides is 1. The quantitative estimate of drug-likeness (QED) is 0.796. The van der Waals surface area contributed by atoms with Crippen LogP contribution < -0.4 is 5.32 Å². The Bertz CT molecular complexity index is 784. The van der Waals surface area contributed by atoms with Gasteiger partial charge in [-0.1, -0.05) is 52.3 Å². The van der Waals surface area contributed by atoms with Crippen molar-refractivity contribution in [3.05, 3.63) is 69.7 Å². The molecule has 0 bridgehead atoms. The zero-order valence-electron chi connectivity index (χ0n) is 13.1. The minimum atomic E-state index is -1.01. The van der Waals surface area contributed by atoms with E-state index in [0.29, 0.717) is 12.1 Å². The molecule has 0 atom stereocenters. The first-order chi connectivity index (χ1) is 11.5. The van der Waals surface area contributed by atoms with Gasteiger partial charge in [0.25, 0.3) is 0 Å². The van der Waals surface area contributed by atoms with E-state index < -0.39 is 5.97 Å². The number of nitrogens with one attached hydrogen (secondary N) is 1. The van der Waals surface area contributed by atoms with Gasteiger partial charge >= 0.3 is 5.97 Å². The van der Waals surface area contributed by atoms with Crippen LogP contribution in [-0.4, -0.2) is 23.5 Å². The average Bonchev–Trinajstić information content (AvgIpc) is 3.35. The van der Waals surface area contributed by atoms with Crippen molar-refractivity contribution in [3.8, 4) is 0 Å². The van der Waals surface area contributed by atoms with Crippen molar-refractivity contribution >= 4 is 27.8 Å². The number of rotatable bonds is 6. The van der Waals surface area contributed by atoms with Crippen molar-refractivity contribution in [1.29, 1.82) is 0 Å². The van der Waals surface area contributed by atoms with Gasteiger partial charge in [0.1, 0.15) is 0 Å². The van der Waals surface area contributed by atoms with Crippen molar-refractivity contribution in [3.63, 3.8) is 0 Å². The highest BCUT2D eigenvalue weighted by Crippen LogP contribution is 2.49. The van der Waals surface area contributed by atoms with Gasteiger partial charge in [0.2, 0.25) is 5.91 Å². The summed E-state index contributed by atoms with van der Waals surface area (Å²) in [6, 6.07) is 14.7. The number of carbonyl (C=O) groups is 2.